The zero-order valence-corrected chi connectivity index (χ0v) is 19.3. The topological polar surface area (TPSA) is 165 Å². The van der Waals surface area contributed by atoms with Crippen molar-refractivity contribution in [3.63, 3.8) is 0 Å². The molecule has 0 amide bonds. The van der Waals surface area contributed by atoms with Crippen LogP contribution in [0.5, 0.6) is 11.5 Å². The fourth-order valence-electron chi connectivity index (χ4n) is 4.06. The van der Waals surface area contributed by atoms with Gasteiger partial charge in [-0.3, -0.25) is 4.79 Å². The van der Waals surface area contributed by atoms with Gasteiger partial charge in [-0.05, 0) is 35.7 Å². The lowest BCUT2D eigenvalue weighted by molar-refractivity contribution is -0.277. The van der Waals surface area contributed by atoms with Crippen LogP contribution in [0.4, 0.5) is 4.79 Å². The van der Waals surface area contributed by atoms with Crippen molar-refractivity contribution in [2.75, 3.05) is 13.7 Å². The van der Waals surface area contributed by atoms with Crippen LogP contribution in [0.3, 0.4) is 0 Å². The fraction of sp³-hybridized carbons (Fsp3) is 0.360. The van der Waals surface area contributed by atoms with Crippen LogP contribution in [0.1, 0.15) is 22.3 Å². The zero-order chi connectivity index (χ0) is 25.8. The Morgan fingerprint density at radius 3 is 2.61 bits per heavy atom. The highest BCUT2D eigenvalue weighted by Crippen LogP contribution is 2.34. The Labute approximate surface area is 205 Å². The molecule has 1 fully saturated rings. The summed E-state index contributed by atoms with van der Waals surface area (Å²) in [6, 6.07) is 9.75. The van der Waals surface area contributed by atoms with E-state index in [1.807, 2.05) is 18.2 Å². The molecule has 0 spiro atoms. The maximum absolute atomic E-state index is 13.1. The van der Waals surface area contributed by atoms with Gasteiger partial charge in [-0.15, -0.1) is 0 Å². The average Bonchev–Trinajstić information content (AvgIpc) is 3.30. The van der Waals surface area contributed by atoms with Crippen LogP contribution in [0.15, 0.2) is 53.3 Å². The number of fused-ring (bicyclic) bond motifs is 1. The number of phenols is 1. The van der Waals surface area contributed by atoms with Gasteiger partial charge >= 0.3 is 6.16 Å². The van der Waals surface area contributed by atoms with Crippen molar-refractivity contribution in [3.05, 3.63) is 60.1 Å². The van der Waals surface area contributed by atoms with Crippen molar-refractivity contribution in [3.8, 4) is 22.6 Å². The normalized spacial score (nSPS) is 23.8. The monoisotopic (exact) mass is 502 g/mol. The number of rotatable bonds is 8. The first-order valence-electron chi connectivity index (χ1n) is 11.2. The average molecular weight is 502 g/mol. The van der Waals surface area contributed by atoms with Crippen LogP contribution in [-0.2, 0) is 20.6 Å². The van der Waals surface area contributed by atoms with Crippen LogP contribution in [0.2, 0.25) is 0 Å². The van der Waals surface area contributed by atoms with E-state index in [9.17, 15) is 30.0 Å². The summed E-state index contributed by atoms with van der Waals surface area (Å²) in [4.78, 5) is 24.4. The molecule has 1 aromatic rings. The maximum Gasteiger partial charge on any atom is 0.508 e. The molecule has 1 aromatic carbocycles. The first-order chi connectivity index (χ1) is 17.3. The predicted octanol–water partition coefficient (Wildman–Crippen LogP) is 1.87. The van der Waals surface area contributed by atoms with Gasteiger partial charge in [0.2, 0.25) is 6.29 Å². The van der Waals surface area contributed by atoms with Crippen LogP contribution < -0.4 is 4.74 Å². The summed E-state index contributed by atoms with van der Waals surface area (Å²) in [7, 11) is 1.10. The molecule has 0 saturated carbocycles. The molecule has 11 heteroatoms. The van der Waals surface area contributed by atoms with Gasteiger partial charge in [0.25, 0.3) is 0 Å². The third-order valence-electron chi connectivity index (χ3n) is 5.98. The summed E-state index contributed by atoms with van der Waals surface area (Å²) >= 11 is 0. The van der Waals surface area contributed by atoms with E-state index in [2.05, 4.69) is 4.74 Å². The maximum atomic E-state index is 13.1. The first kappa shape index (κ1) is 25.5. The second-order valence-electron chi connectivity index (χ2n) is 8.26. The van der Waals surface area contributed by atoms with Crippen LogP contribution in [0.25, 0.3) is 11.1 Å². The SMILES string of the molecule is COC(=O)OC[C@H]1O[C@@H](Oc2cccc(O)c2C(=O)CCc2ccc3coccc2-3)[C@H](O)[C@@H](O)[C@@H]1O. The molecular weight excluding hydrogens is 476 g/mol. The van der Waals surface area contributed by atoms with E-state index in [1.54, 1.807) is 12.5 Å². The van der Waals surface area contributed by atoms with E-state index in [4.69, 9.17) is 18.6 Å². The molecule has 0 unspecified atom stereocenters. The Balaban J connectivity index is 1.49. The molecule has 4 rings (SSSR count). The van der Waals surface area contributed by atoms with Gasteiger partial charge in [0.05, 0.1) is 19.6 Å². The Hall–Kier alpha value is -3.64. The molecule has 2 aliphatic heterocycles. The molecule has 36 heavy (non-hydrogen) atoms. The molecule has 11 nitrogen and oxygen atoms in total. The van der Waals surface area contributed by atoms with Gasteiger partial charge in [0.1, 0.15) is 48.1 Å². The highest BCUT2D eigenvalue weighted by Gasteiger charge is 2.46. The smallest absolute Gasteiger partial charge is 0.507 e. The number of aromatic hydroxyl groups is 1. The summed E-state index contributed by atoms with van der Waals surface area (Å²) in [5.74, 6) is -0.846. The number of ether oxygens (including phenoxy) is 4. The Morgan fingerprint density at radius 2 is 1.83 bits per heavy atom. The lowest BCUT2D eigenvalue weighted by Gasteiger charge is -2.40. The molecule has 3 aliphatic rings. The summed E-state index contributed by atoms with van der Waals surface area (Å²) in [6.07, 6.45) is -5.26. The standard InChI is InChI=1S/C25H26O11/c1-32-25(31)34-12-19-21(28)22(29)23(30)24(36-19)35-18-4-2-3-16(26)20(18)17(27)8-7-13-5-6-14-11-33-10-9-15(13)14/h2-6,9-11,19,21-24,26,28-30H,7-8,12H2,1H3/t19-,21-,22+,23-,24-/m1/s1. The van der Waals surface area contributed by atoms with Gasteiger partial charge in [0.15, 0.2) is 5.78 Å². The minimum atomic E-state index is -1.71. The van der Waals surface area contributed by atoms with Crippen molar-refractivity contribution in [2.24, 2.45) is 0 Å². The number of carbonyl (C=O) groups is 2. The number of aryl methyl sites for hydroxylation is 1. The number of hydrogen-bond acceptors (Lipinski definition) is 11. The third kappa shape index (κ3) is 5.29. The third-order valence-corrected chi connectivity index (χ3v) is 5.98. The Kier molecular flexibility index (Phi) is 7.75. The summed E-state index contributed by atoms with van der Waals surface area (Å²) in [5.41, 5.74) is 2.67. The van der Waals surface area contributed by atoms with E-state index >= 15 is 0 Å². The number of phenolic OH excluding ortho intramolecular Hbond substituents is 1. The van der Waals surface area contributed by atoms with Gasteiger partial charge in [-0.1, -0.05) is 18.2 Å². The first-order valence-corrected chi connectivity index (χ1v) is 11.2. The van der Waals surface area contributed by atoms with Crippen molar-refractivity contribution in [1.29, 1.82) is 0 Å². The number of Topliss-reactive ketones (excluding diaryl/α,β-unsaturated/α-hetero) is 1. The molecule has 1 aliphatic carbocycles. The van der Waals surface area contributed by atoms with E-state index < -0.39 is 49.3 Å². The van der Waals surface area contributed by atoms with Crippen molar-refractivity contribution in [2.45, 2.75) is 43.5 Å². The van der Waals surface area contributed by atoms with Crippen molar-refractivity contribution in [1.82, 2.24) is 0 Å². The number of ketones is 1. The van der Waals surface area contributed by atoms with E-state index in [0.29, 0.717) is 6.42 Å². The van der Waals surface area contributed by atoms with Gasteiger partial charge < -0.3 is 43.8 Å². The summed E-state index contributed by atoms with van der Waals surface area (Å²) < 4.78 is 25.5. The van der Waals surface area contributed by atoms with E-state index in [-0.39, 0.29) is 23.5 Å². The van der Waals surface area contributed by atoms with Crippen LogP contribution in [0, 0.1) is 0 Å². The molecule has 0 radical (unpaired) electrons. The second kappa shape index (κ2) is 11.0. The quantitative estimate of drug-likeness (QED) is 0.262. The number of carbonyl (C=O) groups excluding carboxylic acids is 2. The molecule has 0 bridgehead atoms. The largest absolute Gasteiger partial charge is 0.508 e. The van der Waals surface area contributed by atoms with Crippen molar-refractivity contribution < 1.29 is 53.4 Å². The zero-order valence-electron chi connectivity index (χ0n) is 19.3. The van der Waals surface area contributed by atoms with Gasteiger partial charge in [-0.2, -0.15) is 0 Å². The molecule has 0 aromatic heterocycles. The predicted molar refractivity (Wildman–Crippen MR) is 122 cm³/mol. The van der Waals surface area contributed by atoms with E-state index in [0.717, 1.165) is 23.8 Å². The number of aliphatic hydroxyl groups excluding tert-OH is 3. The molecule has 5 atom stereocenters. The number of aliphatic hydroxyl groups is 3. The summed E-state index contributed by atoms with van der Waals surface area (Å²) in [6.45, 7) is -0.496. The van der Waals surface area contributed by atoms with Crippen molar-refractivity contribution >= 4 is 11.9 Å². The molecule has 2 heterocycles. The minimum absolute atomic E-state index is 0.0457. The Bertz CT molecular complexity index is 1170. The summed E-state index contributed by atoms with van der Waals surface area (Å²) in [5, 5.41) is 41.2. The highest BCUT2D eigenvalue weighted by molar-refractivity contribution is 6.01. The van der Waals surface area contributed by atoms with E-state index in [1.165, 1.54) is 18.2 Å². The number of methoxy groups -OCH3 is 1. The van der Waals surface area contributed by atoms with Crippen LogP contribution in [-0.4, -0.2) is 76.8 Å². The fourth-order valence-corrected chi connectivity index (χ4v) is 4.06. The van der Waals surface area contributed by atoms with Gasteiger partial charge in [0, 0.05) is 12.0 Å². The number of benzene rings is 1. The highest BCUT2D eigenvalue weighted by atomic mass is 16.7. The van der Waals surface area contributed by atoms with Crippen LogP contribution >= 0.6 is 0 Å². The molecule has 1 saturated heterocycles. The lowest BCUT2D eigenvalue weighted by atomic mass is 9.98. The molecule has 4 N–H and O–H groups in total. The minimum Gasteiger partial charge on any atom is -0.507 e. The van der Waals surface area contributed by atoms with Gasteiger partial charge in [-0.25, -0.2) is 4.79 Å². The number of hydrogen-bond donors (Lipinski definition) is 4. The Morgan fingerprint density at radius 1 is 1.03 bits per heavy atom. The molecular formula is C25H26O11. The lowest BCUT2D eigenvalue weighted by Crippen LogP contribution is -2.60. The molecule has 192 valence electrons. The second-order valence-corrected chi connectivity index (χ2v) is 8.26.